The monoisotopic (exact) mass is 384 g/mol. The first-order valence-corrected chi connectivity index (χ1v) is 7.78. The summed E-state index contributed by atoms with van der Waals surface area (Å²) in [5, 5.41) is 0. The molecule has 0 saturated heterocycles. The number of imidazole rings is 1. The van der Waals surface area contributed by atoms with Gasteiger partial charge in [-0.1, -0.05) is 48.0 Å². The van der Waals surface area contributed by atoms with Crippen molar-refractivity contribution in [1.29, 1.82) is 0 Å². The highest BCUT2D eigenvalue weighted by molar-refractivity contribution is 5.94. The van der Waals surface area contributed by atoms with Crippen LogP contribution >= 0.6 is 0 Å². The lowest BCUT2D eigenvalue weighted by molar-refractivity contribution is -0.682. The molecule has 24 heavy (non-hydrogen) atoms. The van der Waals surface area contributed by atoms with Gasteiger partial charge in [0, 0.05) is 5.56 Å². The quantitative estimate of drug-likeness (QED) is 0.477. The molecule has 0 radical (unpaired) electrons. The summed E-state index contributed by atoms with van der Waals surface area (Å²) in [5.74, 6) is 0.116. The summed E-state index contributed by atoms with van der Waals surface area (Å²) in [4.78, 5) is 12.3. The molecule has 2 aromatic carbocycles. The molecule has 3 aromatic rings. The molecule has 124 valence electrons. The van der Waals surface area contributed by atoms with Crippen LogP contribution in [0.25, 0.3) is 5.69 Å². The standard InChI is InChI=1S/C20H21N2O.BrH/c1-15-11-16(2)20(17(3)12-15)22-10-9-21(14-22)13-19(23)18-7-5-4-6-8-18;/h4-12,14H,13H2,1-3H3;1H/q+1;/p-1. The topological polar surface area (TPSA) is 25.9 Å². The second-order valence-corrected chi connectivity index (χ2v) is 6.03. The van der Waals surface area contributed by atoms with E-state index in [0.717, 1.165) is 5.56 Å². The molecule has 0 N–H and O–H groups in total. The number of hydrogen-bond acceptors (Lipinski definition) is 1. The zero-order chi connectivity index (χ0) is 16.4. The normalized spacial score (nSPS) is 10.3. The average Bonchev–Trinajstić information content (AvgIpc) is 2.95. The van der Waals surface area contributed by atoms with Gasteiger partial charge in [-0.2, -0.15) is 0 Å². The zero-order valence-corrected chi connectivity index (χ0v) is 15.7. The Hall–Kier alpha value is -2.20. The van der Waals surface area contributed by atoms with Crippen molar-refractivity contribution in [2.24, 2.45) is 0 Å². The van der Waals surface area contributed by atoms with Crippen LogP contribution in [0.5, 0.6) is 0 Å². The molecule has 0 saturated carbocycles. The third-order valence-electron chi connectivity index (χ3n) is 4.01. The number of benzene rings is 2. The zero-order valence-electron chi connectivity index (χ0n) is 14.2. The van der Waals surface area contributed by atoms with E-state index in [9.17, 15) is 4.79 Å². The van der Waals surface area contributed by atoms with Crippen LogP contribution in [-0.2, 0) is 6.54 Å². The summed E-state index contributed by atoms with van der Waals surface area (Å²) in [6, 6.07) is 13.8. The first kappa shape index (κ1) is 18.1. The third-order valence-corrected chi connectivity index (χ3v) is 4.01. The predicted molar refractivity (Wildman–Crippen MR) is 90.9 cm³/mol. The van der Waals surface area contributed by atoms with E-state index in [-0.39, 0.29) is 22.8 Å². The predicted octanol–water partition coefficient (Wildman–Crippen LogP) is 0.577. The molecule has 0 fully saturated rings. The van der Waals surface area contributed by atoms with Crippen molar-refractivity contribution >= 4 is 5.78 Å². The van der Waals surface area contributed by atoms with Gasteiger partial charge in [-0.05, 0) is 31.9 Å². The van der Waals surface area contributed by atoms with Gasteiger partial charge < -0.3 is 17.0 Å². The molecule has 0 aliphatic carbocycles. The average molecular weight is 385 g/mol. The summed E-state index contributed by atoms with van der Waals surface area (Å²) < 4.78 is 4.01. The Balaban J connectivity index is 0.00000208. The summed E-state index contributed by atoms with van der Waals surface area (Å²) in [6.45, 7) is 6.70. The Labute approximate surface area is 153 Å². The smallest absolute Gasteiger partial charge is 0.249 e. The second kappa shape index (κ2) is 7.58. The number of rotatable bonds is 4. The van der Waals surface area contributed by atoms with Gasteiger partial charge in [0.05, 0.1) is 0 Å². The Kier molecular flexibility index (Phi) is 5.73. The SMILES string of the molecule is Cc1cc(C)c(-n2cc[n+](CC(=O)c3ccccc3)c2)c(C)c1.[Br-]. The largest absolute Gasteiger partial charge is 1.00 e. The third kappa shape index (κ3) is 3.82. The van der Waals surface area contributed by atoms with Gasteiger partial charge in [-0.25, -0.2) is 9.13 Å². The lowest BCUT2D eigenvalue weighted by Gasteiger charge is -2.07. The van der Waals surface area contributed by atoms with Gasteiger partial charge in [-0.3, -0.25) is 4.79 Å². The van der Waals surface area contributed by atoms with Crippen LogP contribution in [0.1, 0.15) is 27.0 Å². The molecule has 0 aliphatic rings. The summed E-state index contributed by atoms with van der Waals surface area (Å²) in [5.41, 5.74) is 5.67. The van der Waals surface area contributed by atoms with Crippen molar-refractivity contribution in [2.45, 2.75) is 27.3 Å². The highest BCUT2D eigenvalue weighted by Crippen LogP contribution is 2.20. The fraction of sp³-hybridized carbons (Fsp3) is 0.200. The van der Waals surface area contributed by atoms with Gasteiger partial charge in [-0.15, -0.1) is 0 Å². The molecule has 0 unspecified atom stereocenters. The maximum atomic E-state index is 12.3. The number of nitrogens with zero attached hydrogens (tertiary/aromatic N) is 2. The van der Waals surface area contributed by atoms with Crippen LogP contribution in [0.3, 0.4) is 0 Å². The molecular formula is C20H21BrN2O. The summed E-state index contributed by atoms with van der Waals surface area (Å²) in [6.07, 6.45) is 5.92. The minimum atomic E-state index is 0. The Morgan fingerprint density at radius 1 is 1.04 bits per heavy atom. The number of hydrogen-bond donors (Lipinski definition) is 0. The van der Waals surface area contributed by atoms with Crippen molar-refractivity contribution in [3.8, 4) is 5.69 Å². The highest BCUT2D eigenvalue weighted by atomic mass is 79.9. The van der Waals surface area contributed by atoms with Crippen molar-refractivity contribution < 1.29 is 26.3 Å². The first-order valence-electron chi connectivity index (χ1n) is 7.78. The van der Waals surface area contributed by atoms with E-state index in [4.69, 9.17) is 0 Å². The molecule has 1 aromatic heterocycles. The molecule has 1 heterocycles. The van der Waals surface area contributed by atoms with Crippen molar-refractivity contribution in [2.75, 3.05) is 0 Å². The highest BCUT2D eigenvalue weighted by Gasteiger charge is 2.15. The van der Waals surface area contributed by atoms with Crippen molar-refractivity contribution in [1.82, 2.24) is 4.57 Å². The fourth-order valence-corrected chi connectivity index (χ4v) is 3.08. The minimum Gasteiger partial charge on any atom is -1.00 e. The van der Waals surface area contributed by atoms with Crippen molar-refractivity contribution in [3.63, 3.8) is 0 Å². The number of carbonyl (C=O) groups excluding carboxylic acids is 1. The van der Waals surface area contributed by atoms with Gasteiger partial charge >= 0.3 is 0 Å². The molecule has 0 spiro atoms. The number of ketones is 1. The van der Waals surface area contributed by atoms with Crippen LogP contribution in [0.4, 0.5) is 0 Å². The van der Waals surface area contributed by atoms with Crippen LogP contribution in [0.2, 0.25) is 0 Å². The van der Waals surface area contributed by atoms with Gasteiger partial charge in [0.2, 0.25) is 12.1 Å². The number of aromatic nitrogens is 2. The van der Waals surface area contributed by atoms with Crippen LogP contribution in [0.15, 0.2) is 61.2 Å². The number of Topliss-reactive ketones (excluding diaryl/α,β-unsaturated/α-hetero) is 1. The van der Waals surface area contributed by atoms with E-state index in [1.807, 2.05) is 53.6 Å². The van der Waals surface area contributed by atoms with Crippen LogP contribution < -0.4 is 21.5 Å². The van der Waals surface area contributed by atoms with E-state index < -0.39 is 0 Å². The first-order chi connectivity index (χ1) is 11.0. The lowest BCUT2D eigenvalue weighted by Crippen LogP contribution is -3.00. The molecule has 0 aliphatic heterocycles. The van der Waals surface area contributed by atoms with E-state index in [2.05, 4.69) is 37.5 Å². The fourth-order valence-electron chi connectivity index (χ4n) is 3.08. The van der Waals surface area contributed by atoms with E-state index >= 15 is 0 Å². The summed E-state index contributed by atoms with van der Waals surface area (Å²) in [7, 11) is 0. The van der Waals surface area contributed by atoms with Gasteiger partial charge in [0.15, 0.2) is 6.54 Å². The van der Waals surface area contributed by atoms with Crippen molar-refractivity contribution in [3.05, 3.63) is 83.4 Å². The number of aryl methyl sites for hydroxylation is 3. The van der Waals surface area contributed by atoms with E-state index in [1.54, 1.807) is 0 Å². The maximum Gasteiger partial charge on any atom is 0.249 e. The second-order valence-electron chi connectivity index (χ2n) is 6.03. The molecule has 0 atom stereocenters. The molecule has 0 amide bonds. The van der Waals surface area contributed by atoms with Crippen LogP contribution in [0, 0.1) is 20.8 Å². The molecule has 4 heteroatoms. The van der Waals surface area contributed by atoms with E-state index in [1.165, 1.54) is 22.4 Å². The van der Waals surface area contributed by atoms with E-state index in [0.29, 0.717) is 6.54 Å². The van der Waals surface area contributed by atoms with Gasteiger partial charge in [0.1, 0.15) is 18.1 Å². The molecule has 3 nitrogen and oxygen atoms in total. The Morgan fingerprint density at radius 2 is 1.67 bits per heavy atom. The molecule has 0 bridgehead atoms. The number of carbonyl (C=O) groups is 1. The maximum absolute atomic E-state index is 12.3. The Bertz CT molecular complexity index is 830. The Morgan fingerprint density at radius 3 is 2.29 bits per heavy atom. The van der Waals surface area contributed by atoms with Gasteiger partial charge in [0.25, 0.3) is 0 Å². The summed E-state index contributed by atoms with van der Waals surface area (Å²) >= 11 is 0. The minimum absolute atomic E-state index is 0. The van der Waals surface area contributed by atoms with Crippen LogP contribution in [-0.4, -0.2) is 10.4 Å². The number of halogens is 1. The lowest BCUT2D eigenvalue weighted by atomic mass is 10.1. The molecule has 3 rings (SSSR count). The molecular weight excluding hydrogens is 364 g/mol.